The van der Waals surface area contributed by atoms with Crippen molar-refractivity contribution >= 4 is 45.3 Å². The van der Waals surface area contributed by atoms with Gasteiger partial charge in [0.25, 0.3) is 0 Å². The molecule has 2 N–H and O–H groups in total. The van der Waals surface area contributed by atoms with Crippen LogP contribution in [0.3, 0.4) is 0 Å². The van der Waals surface area contributed by atoms with Crippen LogP contribution in [0.25, 0.3) is 44.3 Å². The molecule has 2 fully saturated rings. The Morgan fingerprint density at radius 2 is 1.64 bits per heavy atom. The molecular weight excluding hydrogens is 592 g/mol. The van der Waals surface area contributed by atoms with E-state index in [1.54, 1.807) is 12.1 Å². The normalized spacial score (nSPS) is 15.6. The first-order valence-electron chi connectivity index (χ1n) is 16.4. The van der Waals surface area contributed by atoms with Crippen LogP contribution in [0.1, 0.15) is 60.9 Å². The number of carbonyl (C=O) groups is 3. The maximum atomic E-state index is 13.8. The number of rotatable bonds is 7. The summed E-state index contributed by atoms with van der Waals surface area (Å²) in [5, 5.41) is 14.7. The number of pyridine rings is 1. The van der Waals surface area contributed by atoms with E-state index >= 15 is 0 Å². The molecule has 1 saturated heterocycles. The third-order valence-electron chi connectivity index (χ3n) is 9.48. The van der Waals surface area contributed by atoms with Crippen LogP contribution in [0, 0.1) is 0 Å². The average molecular weight is 631 g/mol. The number of hydrogen-bond donors (Lipinski definition) is 2. The smallest absolute Gasteiger partial charge is 0.335 e. The fourth-order valence-corrected chi connectivity index (χ4v) is 7.20. The first-order valence-corrected chi connectivity index (χ1v) is 16.4. The van der Waals surface area contributed by atoms with E-state index in [2.05, 4.69) is 28.1 Å². The minimum absolute atomic E-state index is 0.000934. The SMILES string of the molecule is CC(=O)Nc1ccc(-c2ccc3cc(-c4c(C5CCCCC5)c5ccc(C(=O)O)cc5n4CC(=O)N4CCOCC4)ccc3n2)cc1. The molecule has 1 aliphatic heterocycles. The molecule has 2 amide bonds. The van der Waals surface area contributed by atoms with E-state index in [0.717, 1.165) is 75.7 Å². The molecule has 240 valence electrons. The zero-order chi connectivity index (χ0) is 32.5. The van der Waals surface area contributed by atoms with E-state index < -0.39 is 5.97 Å². The Hall–Kier alpha value is -5.02. The number of morpholine rings is 1. The standard InChI is InChI=1S/C38H38N4O5/c1-24(43)39-30-12-7-25(8-13-30)32-15-10-27-21-28(11-16-33(27)40-32)37-36(26-5-3-2-4-6-26)31-14-9-29(38(45)46)22-34(31)42(37)23-35(44)41-17-19-47-20-18-41/h7-16,21-22,26H,2-6,17-20,23H2,1H3,(H,39,43)(H,45,46). The number of aromatic carboxylic acids is 1. The average Bonchev–Trinajstić information content (AvgIpc) is 3.41. The molecule has 0 bridgehead atoms. The van der Waals surface area contributed by atoms with Crippen molar-refractivity contribution in [3.8, 4) is 22.5 Å². The molecule has 1 saturated carbocycles. The van der Waals surface area contributed by atoms with Gasteiger partial charge in [0, 0.05) is 42.0 Å². The molecule has 0 atom stereocenters. The summed E-state index contributed by atoms with van der Waals surface area (Å²) in [4.78, 5) is 44.1. The summed E-state index contributed by atoms with van der Waals surface area (Å²) in [7, 11) is 0. The van der Waals surface area contributed by atoms with Gasteiger partial charge < -0.3 is 24.6 Å². The number of carboxylic acid groups (broad SMARTS) is 1. The number of carbonyl (C=O) groups excluding carboxylic acids is 2. The molecule has 9 heteroatoms. The number of nitrogens with one attached hydrogen (secondary N) is 1. The van der Waals surface area contributed by atoms with Gasteiger partial charge in [-0.05, 0) is 72.4 Å². The topological polar surface area (TPSA) is 114 Å². The number of benzene rings is 3. The molecule has 0 radical (unpaired) electrons. The van der Waals surface area contributed by atoms with Crippen LogP contribution >= 0.6 is 0 Å². The van der Waals surface area contributed by atoms with Crippen LogP contribution in [0.15, 0.2) is 72.8 Å². The number of anilines is 1. The van der Waals surface area contributed by atoms with E-state index in [9.17, 15) is 19.5 Å². The third kappa shape index (κ3) is 6.23. The lowest BCUT2D eigenvalue weighted by atomic mass is 9.81. The van der Waals surface area contributed by atoms with Crippen LogP contribution < -0.4 is 5.32 Å². The van der Waals surface area contributed by atoms with E-state index in [1.807, 2.05) is 47.4 Å². The lowest BCUT2D eigenvalue weighted by Crippen LogP contribution is -2.42. The van der Waals surface area contributed by atoms with Crippen molar-refractivity contribution in [1.82, 2.24) is 14.5 Å². The van der Waals surface area contributed by atoms with Gasteiger partial charge in [0.15, 0.2) is 0 Å². The largest absolute Gasteiger partial charge is 0.478 e. The summed E-state index contributed by atoms with van der Waals surface area (Å²) in [6, 6.07) is 23.3. The number of hydrogen-bond acceptors (Lipinski definition) is 5. The molecule has 2 aromatic heterocycles. The highest BCUT2D eigenvalue weighted by atomic mass is 16.5. The summed E-state index contributed by atoms with van der Waals surface area (Å²) >= 11 is 0. The van der Waals surface area contributed by atoms with Crippen LogP contribution in [0.5, 0.6) is 0 Å². The first kappa shape index (κ1) is 30.6. The second-order valence-electron chi connectivity index (χ2n) is 12.6. The fraction of sp³-hybridized carbons (Fsp3) is 0.316. The lowest BCUT2D eigenvalue weighted by Gasteiger charge is -2.28. The fourth-order valence-electron chi connectivity index (χ4n) is 7.20. The molecule has 1 aliphatic carbocycles. The highest BCUT2D eigenvalue weighted by Gasteiger charge is 2.29. The Bertz CT molecular complexity index is 1990. The summed E-state index contributed by atoms with van der Waals surface area (Å²) in [5.41, 5.74) is 7.50. The third-order valence-corrected chi connectivity index (χ3v) is 9.48. The van der Waals surface area contributed by atoms with E-state index in [0.29, 0.717) is 32.2 Å². The van der Waals surface area contributed by atoms with Gasteiger partial charge in [0.2, 0.25) is 11.8 Å². The molecule has 0 unspecified atom stereocenters. The zero-order valence-corrected chi connectivity index (χ0v) is 26.5. The Morgan fingerprint density at radius 1 is 0.894 bits per heavy atom. The number of fused-ring (bicyclic) bond motifs is 2. The van der Waals surface area contributed by atoms with Crippen molar-refractivity contribution in [2.45, 2.75) is 51.5 Å². The number of nitrogens with zero attached hydrogens (tertiary/aromatic N) is 3. The second-order valence-corrected chi connectivity index (χ2v) is 12.6. The molecule has 2 aliphatic rings. The highest BCUT2D eigenvalue weighted by Crippen LogP contribution is 2.45. The molecule has 3 heterocycles. The maximum Gasteiger partial charge on any atom is 0.335 e. The minimum atomic E-state index is -0.989. The summed E-state index contributed by atoms with van der Waals surface area (Å²) in [5.74, 6) is -0.791. The predicted octanol–water partition coefficient (Wildman–Crippen LogP) is 7.09. The van der Waals surface area contributed by atoms with Crippen molar-refractivity contribution in [2.24, 2.45) is 0 Å². The zero-order valence-electron chi connectivity index (χ0n) is 26.5. The molecule has 0 spiro atoms. The number of carboxylic acids is 1. The van der Waals surface area contributed by atoms with Crippen LogP contribution in [0.2, 0.25) is 0 Å². The Balaban J connectivity index is 1.35. The molecule has 7 rings (SSSR count). The van der Waals surface area contributed by atoms with Crippen molar-refractivity contribution in [2.75, 3.05) is 31.6 Å². The van der Waals surface area contributed by atoms with Crippen LogP contribution in [-0.4, -0.2) is 63.6 Å². The Labute approximate surface area is 273 Å². The molecule has 9 nitrogen and oxygen atoms in total. The summed E-state index contributed by atoms with van der Waals surface area (Å²) < 4.78 is 7.56. The summed E-state index contributed by atoms with van der Waals surface area (Å²) in [6.07, 6.45) is 5.62. The van der Waals surface area contributed by atoms with Crippen molar-refractivity contribution < 1.29 is 24.2 Å². The minimum Gasteiger partial charge on any atom is -0.478 e. The monoisotopic (exact) mass is 630 g/mol. The molecular formula is C38H38N4O5. The molecule has 5 aromatic rings. The molecule has 3 aromatic carbocycles. The second kappa shape index (κ2) is 13.0. The number of ether oxygens (including phenoxy) is 1. The summed E-state index contributed by atoms with van der Waals surface area (Å²) in [6.45, 7) is 3.72. The Kier molecular flexibility index (Phi) is 8.47. The van der Waals surface area contributed by atoms with Gasteiger partial charge in [0.05, 0.1) is 41.2 Å². The number of amides is 2. The van der Waals surface area contributed by atoms with Crippen molar-refractivity contribution in [1.29, 1.82) is 0 Å². The van der Waals surface area contributed by atoms with Gasteiger partial charge in [0.1, 0.15) is 6.54 Å². The van der Waals surface area contributed by atoms with Gasteiger partial charge in [-0.1, -0.05) is 49.6 Å². The molecule has 47 heavy (non-hydrogen) atoms. The van der Waals surface area contributed by atoms with E-state index in [-0.39, 0.29) is 23.9 Å². The van der Waals surface area contributed by atoms with Crippen molar-refractivity contribution in [3.63, 3.8) is 0 Å². The lowest BCUT2D eigenvalue weighted by molar-refractivity contribution is -0.135. The number of aromatic nitrogens is 2. The van der Waals surface area contributed by atoms with Gasteiger partial charge >= 0.3 is 5.97 Å². The van der Waals surface area contributed by atoms with Crippen molar-refractivity contribution in [3.05, 3.63) is 83.9 Å². The highest BCUT2D eigenvalue weighted by molar-refractivity contribution is 6.00. The quantitative estimate of drug-likeness (QED) is 0.199. The van der Waals surface area contributed by atoms with Gasteiger partial charge in [-0.2, -0.15) is 0 Å². The Morgan fingerprint density at radius 3 is 2.36 bits per heavy atom. The van der Waals surface area contributed by atoms with Gasteiger partial charge in [-0.15, -0.1) is 0 Å². The van der Waals surface area contributed by atoms with E-state index in [1.165, 1.54) is 18.9 Å². The van der Waals surface area contributed by atoms with E-state index in [4.69, 9.17) is 9.72 Å². The van der Waals surface area contributed by atoms with Gasteiger partial charge in [-0.3, -0.25) is 9.59 Å². The van der Waals surface area contributed by atoms with Gasteiger partial charge in [-0.25, -0.2) is 9.78 Å². The van der Waals surface area contributed by atoms with Crippen LogP contribution in [0.4, 0.5) is 5.69 Å². The van der Waals surface area contributed by atoms with Crippen LogP contribution in [-0.2, 0) is 20.9 Å². The first-order chi connectivity index (χ1) is 22.9. The predicted molar refractivity (Wildman–Crippen MR) is 183 cm³/mol. The maximum absolute atomic E-state index is 13.8.